The summed E-state index contributed by atoms with van der Waals surface area (Å²) in [6.07, 6.45) is 1.92. The molecular weight excluding hydrogens is 364 g/mol. The van der Waals surface area contributed by atoms with E-state index < -0.39 is 0 Å². The number of nitrogens with zero attached hydrogens (tertiary/aromatic N) is 3. The van der Waals surface area contributed by atoms with E-state index in [4.69, 9.17) is 9.72 Å². The fraction of sp³-hybridized carbons (Fsp3) is 0.304. The third kappa shape index (κ3) is 3.46. The number of hydrogen-bond donors (Lipinski definition) is 1. The van der Waals surface area contributed by atoms with Gasteiger partial charge in [0.05, 0.1) is 29.7 Å². The van der Waals surface area contributed by atoms with Crippen LogP contribution in [0.2, 0.25) is 0 Å². The van der Waals surface area contributed by atoms with Crippen LogP contribution in [0.5, 0.6) is 5.75 Å². The number of fused-ring (bicyclic) bond motifs is 2. The van der Waals surface area contributed by atoms with Crippen molar-refractivity contribution in [2.45, 2.75) is 26.4 Å². The van der Waals surface area contributed by atoms with E-state index >= 15 is 0 Å². The molecule has 2 aromatic heterocycles. The number of aromatic nitrogens is 3. The average Bonchev–Trinajstić information content (AvgIpc) is 3.27. The second-order valence-electron chi connectivity index (χ2n) is 7.64. The highest BCUT2D eigenvalue weighted by atomic mass is 16.5. The molecule has 0 aliphatic rings. The molecule has 4 rings (SSSR count). The predicted octanol–water partition coefficient (Wildman–Crippen LogP) is 4.05. The average molecular weight is 390 g/mol. The molecule has 0 aliphatic carbocycles. The minimum atomic E-state index is -0.170. The van der Waals surface area contributed by atoms with E-state index in [0.29, 0.717) is 0 Å². The third-order valence-electron chi connectivity index (χ3n) is 5.39. The smallest absolute Gasteiger partial charge is 0.240 e. The SMILES string of the molecule is COc1cccc2c1ccn2CC(=O)N[C@@H](c1nc2ccccc2n1C)C(C)C. The van der Waals surface area contributed by atoms with Gasteiger partial charge in [0.25, 0.3) is 0 Å². The van der Waals surface area contributed by atoms with Gasteiger partial charge in [-0.25, -0.2) is 4.98 Å². The monoisotopic (exact) mass is 390 g/mol. The number of carbonyl (C=O) groups excluding carboxylic acids is 1. The summed E-state index contributed by atoms with van der Waals surface area (Å²) in [5.41, 5.74) is 2.97. The van der Waals surface area contributed by atoms with Gasteiger partial charge in [-0.1, -0.05) is 32.0 Å². The number of aryl methyl sites for hydroxylation is 1. The number of para-hydroxylation sites is 2. The summed E-state index contributed by atoms with van der Waals surface area (Å²) < 4.78 is 9.43. The quantitative estimate of drug-likeness (QED) is 0.540. The third-order valence-corrected chi connectivity index (χ3v) is 5.39. The topological polar surface area (TPSA) is 61.1 Å². The summed E-state index contributed by atoms with van der Waals surface area (Å²) in [4.78, 5) is 17.7. The Kier molecular flexibility index (Phi) is 5.01. The van der Waals surface area contributed by atoms with E-state index in [2.05, 4.69) is 23.7 Å². The van der Waals surface area contributed by atoms with Crippen LogP contribution in [0.3, 0.4) is 0 Å². The van der Waals surface area contributed by atoms with Crippen molar-refractivity contribution in [3.63, 3.8) is 0 Å². The largest absolute Gasteiger partial charge is 0.496 e. The molecule has 0 spiro atoms. The fourth-order valence-electron chi connectivity index (χ4n) is 3.86. The highest BCUT2D eigenvalue weighted by Crippen LogP contribution is 2.27. The van der Waals surface area contributed by atoms with Crippen LogP contribution in [0.1, 0.15) is 25.7 Å². The molecule has 0 fully saturated rings. The van der Waals surface area contributed by atoms with Gasteiger partial charge in [0.1, 0.15) is 18.1 Å². The second kappa shape index (κ2) is 7.62. The van der Waals surface area contributed by atoms with Crippen molar-refractivity contribution in [2.75, 3.05) is 7.11 Å². The zero-order valence-corrected chi connectivity index (χ0v) is 17.2. The Morgan fingerprint density at radius 2 is 1.86 bits per heavy atom. The number of benzene rings is 2. The van der Waals surface area contributed by atoms with Crippen LogP contribution in [0.4, 0.5) is 0 Å². The molecule has 0 saturated heterocycles. The molecule has 2 heterocycles. The molecule has 2 aromatic carbocycles. The lowest BCUT2D eigenvalue weighted by Gasteiger charge is -2.22. The zero-order chi connectivity index (χ0) is 20.5. The number of hydrogen-bond acceptors (Lipinski definition) is 3. The number of methoxy groups -OCH3 is 1. The second-order valence-corrected chi connectivity index (χ2v) is 7.64. The highest BCUT2D eigenvalue weighted by molar-refractivity contribution is 5.88. The Morgan fingerprint density at radius 1 is 1.10 bits per heavy atom. The van der Waals surface area contributed by atoms with Gasteiger partial charge in [-0.2, -0.15) is 0 Å². The normalized spacial score (nSPS) is 12.6. The summed E-state index contributed by atoms with van der Waals surface area (Å²) in [7, 11) is 3.65. The van der Waals surface area contributed by atoms with Gasteiger partial charge in [-0.3, -0.25) is 4.79 Å². The highest BCUT2D eigenvalue weighted by Gasteiger charge is 2.24. The maximum Gasteiger partial charge on any atom is 0.240 e. The summed E-state index contributed by atoms with van der Waals surface area (Å²) in [5, 5.41) is 4.19. The van der Waals surface area contributed by atoms with Crippen LogP contribution in [0.15, 0.2) is 54.7 Å². The van der Waals surface area contributed by atoms with Crippen LogP contribution < -0.4 is 10.1 Å². The number of amides is 1. The van der Waals surface area contributed by atoms with Gasteiger partial charge in [0.2, 0.25) is 5.91 Å². The molecule has 1 N–H and O–H groups in total. The lowest BCUT2D eigenvalue weighted by molar-refractivity contribution is -0.122. The molecule has 0 radical (unpaired) electrons. The predicted molar refractivity (Wildman–Crippen MR) is 115 cm³/mol. The number of ether oxygens (including phenoxy) is 1. The van der Waals surface area contributed by atoms with Gasteiger partial charge in [0.15, 0.2) is 0 Å². The fourth-order valence-corrected chi connectivity index (χ4v) is 3.86. The van der Waals surface area contributed by atoms with Crippen LogP contribution in [0, 0.1) is 5.92 Å². The summed E-state index contributed by atoms with van der Waals surface area (Å²) in [6.45, 7) is 4.43. The molecule has 0 aliphatic heterocycles. The Hall–Kier alpha value is -3.28. The van der Waals surface area contributed by atoms with E-state index in [1.54, 1.807) is 7.11 Å². The first-order valence-electron chi connectivity index (χ1n) is 9.82. The Labute approximate surface area is 170 Å². The van der Waals surface area contributed by atoms with Gasteiger partial charge in [-0.15, -0.1) is 0 Å². The zero-order valence-electron chi connectivity index (χ0n) is 17.2. The number of nitrogens with one attached hydrogen (secondary N) is 1. The minimum absolute atomic E-state index is 0.0453. The lowest BCUT2D eigenvalue weighted by atomic mass is 10.0. The van der Waals surface area contributed by atoms with Gasteiger partial charge < -0.3 is 19.2 Å². The molecule has 6 heteroatoms. The van der Waals surface area contributed by atoms with Crippen LogP contribution in [-0.4, -0.2) is 27.1 Å². The molecule has 150 valence electrons. The Morgan fingerprint density at radius 3 is 2.59 bits per heavy atom. The molecule has 1 atom stereocenters. The number of imidazole rings is 1. The van der Waals surface area contributed by atoms with Gasteiger partial charge in [-0.05, 0) is 36.2 Å². The van der Waals surface area contributed by atoms with E-state index in [-0.39, 0.29) is 24.4 Å². The maximum absolute atomic E-state index is 12.9. The summed E-state index contributed by atoms with van der Waals surface area (Å²) in [5.74, 6) is 1.84. The maximum atomic E-state index is 12.9. The van der Waals surface area contributed by atoms with Crippen molar-refractivity contribution < 1.29 is 9.53 Å². The van der Waals surface area contributed by atoms with Gasteiger partial charge in [0, 0.05) is 18.6 Å². The van der Waals surface area contributed by atoms with E-state index in [1.165, 1.54) is 0 Å². The van der Waals surface area contributed by atoms with Crippen LogP contribution in [-0.2, 0) is 18.4 Å². The molecule has 4 aromatic rings. The van der Waals surface area contributed by atoms with E-state index in [9.17, 15) is 4.79 Å². The van der Waals surface area contributed by atoms with Crippen LogP contribution in [0.25, 0.3) is 21.9 Å². The molecule has 0 unspecified atom stereocenters. The first-order valence-corrected chi connectivity index (χ1v) is 9.82. The standard InChI is InChI=1S/C23H26N4O2/c1-15(2)22(23-24-17-8-5-6-9-19(17)26(23)3)25-21(28)14-27-13-12-16-18(27)10-7-11-20(16)29-4/h5-13,15,22H,14H2,1-4H3,(H,25,28)/t22-/m1/s1. The molecule has 0 bridgehead atoms. The Balaban J connectivity index is 1.59. The summed E-state index contributed by atoms with van der Waals surface area (Å²) >= 11 is 0. The minimum Gasteiger partial charge on any atom is -0.496 e. The van der Waals surface area contributed by atoms with Crippen molar-refractivity contribution in [2.24, 2.45) is 13.0 Å². The first kappa shape index (κ1) is 19.1. The molecule has 1 amide bonds. The van der Waals surface area contributed by atoms with E-state index in [1.807, 2.05) is 66.3 Å². The molecule has 6 nitrogen and oxygen atoms in total. The first-order chi connectivity index (χ1) is 14.0. The van der Waals surface area contributed by atoms with E-state index in [0.717, 1.165) is 33.5 Å². The van der Waals surface area contributed by atoms with Crippen molar-refractivity contribution in [1.82, 2.24) is 19.4 Å². The van der Waals surface area contributed by atoms with Crippen molar-refractivity contribution in [3.05, 3.63) is 60.6 Å². The van der Waals surface area contributed by atoms with Crippen LogP contribution >= 0.6 is 0 Å². The van der Waals surface area contributed by atoms with Gasteiger partial charge >= 0.3 is 0 Å². The number of carbonyl (C=O) groups is 1. The van der Waals surface area contributed by atoms with Crippen molar-refractivity contribution >= 4 is 27.8 Å². The molecule has 0 saturated carbocycles. The summed E-state index contributed by atoms with van der Waals surface area (Å²) in [6, 6.07) is 15.7. The van der Waals surface area contributed by atoms with Crippen molar-refractivity contribution in [1.29, 1.82) is 0 Å². The Bertz CT molecular complexity index is 1170. The van der Waals surface area contributed by atoms with Crippen molar-refractivity contribution in [3.8, 4) is 5.75 Å². The molecular formula is C23H26N4O2. The number of rotatable bonds is 6. The molecule has 29 heavy (non-hydrogen) atoms. The lowest BCUT2D eigenvalue weighted by Crippen LogP contribution is -2.35.